The second-order valence-electron chi connectivity index (χ2n) is 8.50. The summed E-state index contributed by atoms with van der Waals surface area (Å²) in [7, 11) is 0. The zero-order chi connectivity index (χ0) is 23.6. The number of aryl methyl sites for hydroxylation is 1. The maximum atomic E-state index is 12.6. The number of aromatic nitrogens is 3. The normalized spacial score (nSPS) is 14.7. The minimum Gasteiger partial charge on any atom is -0.340 e. The number of thioether (sulfide) groups is 1. The SMILES string of the molecule is Cc1nnc(SCCCCC(=O)N2CCN(C/C=C/c3ccccc3)CC2)n1-c1ccccc1. The molecule has 1 saturated heterocycles. The number of rotatable bonds is 10. The molecule has 0 saturated carbocycles. The first kappa shape index (κ1) is 24.2. The van der Waals surface area contributed by atoms with E-state index in [1.165, 1.54) is 5.56 Å². The Labute approximate surface area is 206 Å². The lowest BCUT2D eigenvalue weighted by Crippen LogP contribution is -2.48. The third kappa shape index (κ3) is 6.81. The Hall–Kier alpha value is -2.90. The number of benzene rings is 2. The predicted octanol–water partition coefficient (Wildman–Crippen LogP) is 4.70. The fourth-order valence-corrected chi connectivity index (χ4v) is 5.09. The van der Waals surface area contributed by atoms with Crippen molar-refractivity contribution in [3.8, 4) is 5.69 Å². The van der Waals surface area contributed by atoms with Crippen LogP contribution in [0.25, 0.3) is 11.8 Å². The van der Waals surface area contributed by atoms with Crippen LogP contribution in [0.1, 0.15) is 30.7 Å². The second-order valence-corrected chi connectivity index (χ2v) is 9.56. The molecule has 1 amide bonds. The Kier molecular flexibility index (Phi) is 8.93. The van der Waals surface area contributed by atoms with Gasteiger partial charge in [-0.2, -0.15) is 0 Å². The van der Waals surface area contributed by atoms with E-state index in [1.807, 2.05) is 36.1 Å². The van der Waals surface area contributed by atoms with Gasteiger partial charge in [0, 0.05) is 50.6 Å². The first-order valence-corrected chi connectivity index (χ1v) is 13.0. The first-order chi connectivity index (χ1) is 16.7. The van der Waals surface area contributed by atoms with Crippen LogP contribution in [-0.4, -0.2) is 68.9 Å². The molecule has 7 heteroatoms. The molecule has 6 nitrogen and oxygen atoms in total. The smallest absolute Gasteiger partial charge is 0.222 e. The summed E-state index contributed by atoms with van der Waals surface area (Å²) < 4.78 is 2.09. The topological polar surface area (TPSA) is 54.3 Å². The highest BCUT2D eigenvalue weighted by molar-refractivity contribution is 7.99. The number of nitrogens with zero attached hydrogens (tertiary/aromatic N) is 5. The van der Waals surface area contributed by atoms with Gasteiger partial charge in [-0.15, -0.1) is 10.2 Å². The summed E-state index contributed by atoms with van der Waals surface area (Å²) >= 11 is 1.71. The number of para-hydroxylation sites is 1. The lowest BCUT2D eigenvalue weighted by Gasteiger charge is -2.34. The summed E-state index contributed by atoms with van der Waals surface area (Å²) in [5, 5.41) is 9.49. The molecule has 178 valence electrons. The Morgan fingerprint density at radius 2 is 1.65 bits per heavy atom. The number of hydrogen-bond donors (Lipinski definition) is 0. The van der Waals surface area contributed by atoms with Crippen molar-refractivity contribution in [2.75, 3.05) is 38.5 Å². The minimum atomic E-state index is 0.285. The highest BCUT2D eigenvalue weighted by atomic mass is 32.2. The average molecular weight is 476 g/mol. The number of hydrogen-bond acceptors (Lipinski definition) is 5. The molecular weight excluding hydrogens is 442 g/mol. The van der Waals surface area contributed by atoms with Gasteiger partial charge in [-0.1, -0.05) is 72.4 Å². The van der Waals surface area contributed by atoms with Crippen molar-refractivity contribution in [3.05, 3.63) is 78.1 Å². The molecule has 1 fully saturated rings. The lowest BCUT2D eigenvalue weighted by molar-refractivity contribution is -0.132. The summed E-state index contributed by atoms with van der Waals surface area (Å²) in [6, 6.07) is 20.6. The molecule has 0 atom stereocenters. The van der Waals surface area contributed by atoms with Crippen LogP contribution >= 0.6 is 11.8 Å². The van der Waals surface area contributed by atoms with Gasteiger partial charge in [0.2, 0.25) is 5.91 Å². The van der Waals surface area contributed by atoms with Crippen molar-refractivity contribution in [1.82, 2.24) is 24.6 Å². The molecule has 0 spiro atoms. The molecule has 4 rings (SSSR count). The van der Waals surface area contributed by atoms with E-state index in [0.717, 1.165) is 68.0 Å². The van der Waals surface area contributed by atoms with Gasteiger partial charge < -0.3 is 4.90 Å². The van der Waals surface area contributed by atoms with Gasteiger partial charge in [0.1, 0.15) is 5.82 Å². The van der Waals surface area contributed by atoms with E-state index in [2.05, 4.69) is 68.2 Å². The van der Waals surface area contributed by atoms with Crippen molar-refractivity contribution in [1.29, 1.82) is 0 Å². The van der Waals surface area contributed by atoms with E-state index < -0.39 is 0 Å². The lowest BCUT2D eigenvalue weighted by atomic mass is 10.2. The van der Waals surface area contributed by atoms with Crippen LogP contribution in [0.15, 0.2) is 71.9 Å². The standard InChI is InChI=1S/C27H33N5OS/c1-23-28-29-27(32(23)25-14-6-3-7-15-25)34-22-9-8-16-26(33)31-20-18-30(19-21-31)17-10-13-24-11-4-2-5-12-24/h2-7,10-15H,8-9,16-22H2,1H3/b13-10+. The number of amides is 1. The first-order valence-electron chi connectivity index (χ1n) is 12.0. The molecular formula is C27H33N5OS. The van der Waals surface area contributed by atoms with Crippen molar-refractivity contribution < 1.29 is 4.79 Å². The zero-order valence-electron chi connectivity index (χ0n) is 19.8. The Bertz CT molecular complexity index is 1060. The average Bonchev–Trinajstić information content (AvgIpc) is 3.25. The van der Waals surface area contributed by atoms with Gasteiger partial charge in [0.25, 0.3) is 0 Å². The van der Waals surface area contributed by atoms with Crippen LogP contribution in [-0.2, 0) is 4.79 Å². The van der Waals surface area contributed by atoms with Crippen LogP contribution in [0.4, 0.5) is 0 Å². The highest BCUT2D eigenvalue weighted by Gasteiger charge is 2.20. The van der Waals surface area contributed by atoms with Crippen LogP contribution < -0.4 is 0 Å². The maximum absolute atomic E-state index is 12.6. The van der Waals surface area contributed by atoms with Gasteiger partial charge in [-0.3, -0.25) is 14.3 Å². The van der Waals surface area contributed by atoms with Crippen molar-refractivity contribution in [2.45, 2.75) is 31.3 Å². The van der Waals surface area contributed by atoms with Crippen LogP contribution in [0.5, 0.6) is 0 Å². The number of unbranched alkanes of at least 4 members (excludes halogenated alkanes) is 1. The predicted molar refractivity (Wildman–Crippen MR) is 139 cm³/mol. The van der Waals surface area contributed by atoms with Gasteiger partial charge in [-0.25, -0.2) is 0 Å². The summed E-state index contributed by atoms with van der Waals surface area (Å²) in [5.41, 5.74) is 2.31. The molecule has 0 N–H and O–H groups in total. The molecule has 3 aromatic rings. The van der Waals surface area contributed by atoms with E-state index in [4.69, 9.17) is 0 Å². The number of carbonyl (C=O) groups excluding carboxylic acids is 1. The molecule has 2 heterocycles. The molecule has 1 aliphatic heterocycles. The molecule has 1 aliphatic rings. The van der Waals surface area contributed by atoms with Crippen LogP contribution in [0.3, 0.4) is 0 Å². The van der Waals surface area contributed by atoms with Crippen LogP contribution in [0, 0.1) is 6.92 Å². The van der Waals surface area contributed by atoms with Crippen molar-refractivity contribution >= 4 is 23.7 Å². The monoisotopic (exact) mass is 475 g/mol. The summed E-state index contributed by atoms with van der Waals surface area (Å²) in [5.74, 6) is 2.10. The fourth-order valence-electron chi connectivity index (χ4n) is 4.09. The third-order valence-electron chi connectivity index (χ3n) is 6.02. The number of piperazine rings is 1. The molecule has 0 bridgehead atoms. The Balaban J connectivity index is 1.13. The van der Waals surface area contributed by atoms with E-state index in [9.17, 15) is 4.79 Å². The summed E-state index contributed by atoms with van der Waals surface area (Å²) in [4.78, 5) is 17.1. The second kappa shape index (κ2) is 12.5. The summed E-state index contributed by atoms with van der Waals surface area (Å²) in [6.45, 7) is 6.44. The molecule has 34 heavy (non-hydrogen) atoms. The Morgan fingerprint density at radius 3 is 2.38 bits per heavy atom. The zero-order valence-corrected chi connectivity index (χ0v) is 20.7. The maximum Gasteiger partial charge on any atom is 0.222 e. The molecule has 0 unspecified atom stereocenters. The van der Waals surface area contributed by atoms with Gasteiger partial charge in [-0.05, 0) is 37.5 Å². The van der Waals surface area contributed by atoms with Gasteiger partial charge >= 0.3 is 0 Å². The summed E-state index contributed by atoms with van der Waals surface area (Å²) in [6.07, 6.45) is 6.90. The van der Waals surface area contributed by atoms with Crippen molar-refractivity contribution in [3.63, 3.8) is 0 Å². The van der Waals surface area contributed by atoms with E-state index in [1.54, 1.807) is 11.8 Å². The van der Waals surface area contributed by atoms with E-state index >= 15 is 0 Å². The minimum absolute atomic E-state index is 0.285. The number of carbonyl (C=O) groups is 1. The van der Waals surface area contributed by atoms with Crippen LogP contribution in [0.2, 0.25) is 0 Å². The molecule has 2 aromatic carbocycles. The van der Waals surface area contributed by atoms with Gasteiger partial charge in [0.05, 0.1) is 0 Å². The third-order valence-corrected chi connectivity index (χ3v) is 7.04. The highest BCUT2D eigenvalue weighted by Crippen LogP contribution is 2.23. The molecule has 1 aromatic heterocycles. The quantitative estimate of drug-likeness (QED) is 0.314. The van der Waals surface area contributed by atoms with E-state index in [-0.39, 0.29) is 5.91 Å². The Morgan fingerprint density at radius 1 is 0.941 bits per heavy atom. The van der Waals surface area contributed by atoms with Gasteiger partial charge in [0.15, 0.2) is 5.16 Å². The fraction of sp³-hybridized carbons (Fsp3) is 0.370. The largest absolute Gasteiger partial charge is 0.340 e. The molecule has 0 aliphatic carbocycles. The molecule has 0 radical (unpaired) electrons. The van der Waals surface area contributed by atoms with Crippen molar-refractivity contribution in [2.24, 2.45) is 0 Å². The van der Waals surface area contributed by atoms with E-state index in [0.29, 0.717) is 6.42 Å².